The maximum absolute atomic E-state index is 13.3. The van der Waals surface area contributed by atoms with E-state index < -0.39 is 0 Å². The van der Waals surface area contributed by atoms with E-state index in [1.54, 1.807) is 10.9 Å². The van der Waals surface area contributed by atoms with Gasteiger partial charge in [-0.3, -0.25) is 14.2 Å². The van der Waals surface area contributed by atoms with Crippen LogP contribution in [0.2, 0.25) is 0 Å². The maximum Gasteiger partial charge on any atom is 0.262 e. The summed E-state index contributed by atoms with van der Waals surface area (Å²) in [5.74, 6) is 0.0718. The van der Waals surface area contributed by atoms with Crippen molar-refractivity contribution in [2.75, 3.05) is 13.1 Å². The van der Waals surface area contributed by atoms with Crippen LogP contribution in [-0.4, -0.2) is 39.6 Å². The molecule has 1 amide bonds. The zero-order chi connectivity index (χ0) is 24.2. The number of carbonyl (C=O) groups excluding carboxylic acids is 1. The van der Waals surface area contributed by atoms with Gasteiger partial charge in [0.05, 0.1) is 24.4 Å². The second-order valence-corrected chi connectivity index (χ2v) is 9.92. The van der Waals surface area contributed by atoms with Gasteiger partial charge in [0.15, 0.2) is 0 Å². The van der Waals surface area contributed by atoms with Gasteiger partial charge in [-0.25, -0.2) is 4.98 Å². The highest BCUT2D eigenvalue weighted by Gasteiger charge is 2.23. The smallest absolute Gasteiger partial charge is 0.262 e. The quantitative estimate of drug-likeness (QED) is 0.367. The zero-order valence-corrected chi connectivity index (χ0v) is 20.7. The summed E-state index contributed by atoms with van der Waals surface area (Å²) in [5.41, 5.74) is 4.16. The molecule has 0 radical (unpaired) electrons. The molecule has 0 atom stereocenters. The van der Waals surface area contributed by atoms with Gasteiger partial charge >= 0.3 is 0 Å². The molecular weight excluding hydrogens is 458 g/mol. The summed E-state index contributed by atoms with van der Waals surface area (Å²) in [5, 5.41) is 2.62. The van der Waals surface area contributed by atoms with E-state index >= 15 is 0 Å². The van der Waals surface area contributed by atoms with E-state index in [0.29, 0.717) is 31.6 Å². The molecule has 0 spiro atoms. The Morgan fingerprint density at radius 2 is 1.83 bits per heavy atom. The molecule has 4 aromatic rings. The molecule has 180 valence electrons. The van der Waals surface area contributed by atoms with Crippen molar-refractivity contribution in [3.8, 4) is 11.1 Å². The second kappa shape index (κ2) is 10.5. The molecule has 1 saturated heterocycles. The summed E-state index contributed by atoms with van der Waals surface area (Å²) in [7, 11) is 0. The predicted molar refractivity (Wildman–Crippen MR) is 140 cm³/mol. The Bertz CT molecular complexity index is 1350. The van der Waals surface area contributed by atoms with Gasteiger partial charge in [0.25, 0.3) is 5.56 Å². The molecule has 6 nitrogen and oxygen atoms in total. The third-order valence-corrected chi connectivity index (χ3v) is 7.50. The molecular formula is C28H29N3O3S. The van der Waals surface area contributed by atoms with Crippen LogP contribution in [-0.2, 0) is 22.7 Å². The molecule has 0 saturated carbocycles. The first-order valence-electron chi connectivity index (χ1n) is 12.1. The van der Waals surface area contributed by atoms with Crippen LogP contribution in [0.25, 0.3) is 21.3 Å². The van der Waals surface area contributed by atoms with Crippen LogP contribution in [0.15, 0.2) is 71.1 Å². The number of carbonyl (C=O) groups is 1. The number of fused-ring (bicyclic) bond motifs is 1. The fourth-order valence-corrected chi connectivity index (χ4v) is 5.41. The van der Waals surface area contributed by atoms with Crippen LogP contribution < -0.4 is 5.56 Å². The normalized spacial score (nSPS) is 14.5. The first kappa shape index (κ1) is 23.5. The SMILES string of the molecule is Cc1ccc(-c2csc3ncn(CCC(=O)N4CCC(OCc5ccccc5)CC4)c(=O)c23)cc1. The molecule has 0 aliphatic carbocycles. The lowest BCUT2D eigenvalue weighted by atomic mass is 10.1. The van der Waals surface area contributed by atoms with Crippen molar-refractivity contribution in [1.82, 2.24) is 14.5 Å². The van der Waals surface area contributed by atoms with Crippen molar-refractivity contribution in [1.29, 1.82) is 0 Å². The third kappa shape index (κ3) is 5.36. The highest BCUT2D eigenvalue weighted by atomic mass is 32.1. The molecule has 1 aliphatic rings. The van der Waals surface area contributed by atoms with Gasteiger partial charge in [0.1, 0.15) is 4.83 Å². The number of benzene rings is 2. The van der Waals surface area contributed by atoms with E-state index in [9.17, 15) is 9.59 Å². The van der Waals surface area contributed by atoms with Gasteiger partial charge in [-0.15, -0.1) is 11.3 Å². The average molecular weight is 488 g/mol. The van der Waals surface area contributed by atoms with Crippen molar-refractivity contribution in [3.05, 3.63) is 87.8 Å². The lowest BCUT2D eigenvalue weighted by Gasteiger charge is -2.32. The minimum Gasteiger partial charge on any atom is -0.373 e. The van der Waals surface area contributed by atoms with Crippen molar-refractivity contribution < 1.29 is 9.53 Å². The number of hydrogen-bond acceptors (Lipinski definition) is 5. The van der Waals surface area contributed by atoms with Crippen LogP contribution in [0.5, 0.6) is 0 Å². The minimum atomic E-state index is -0.0901. The maximum atomic E-state index is 13.3. The number of thiophene rings is 1. The van der Waals surface area contributed by atoms with Crippen molar-refractivity contribution in [3.63, 3.8) is 0 Å². The zero-order valence-electron chi connectivity index (χ0n) is 19.9. The topological polar surface area (TPSA) is 64.4 Å². The lowest BCUT2D eigenvalue weighted by molar-refractivity contribution is -0.134. The van der Waals surface area contributed by atoms with E-state index in [2.05, 4.69) is 17.1 Å². The molecule has 0 N–H and O–H groups in total. The lowest BCUT2D eigenvalue weighted by Crippen LogP contribution is -2.41. The fraction of sp³-hybridized carbons (Fsp3) is 0.321. The Balaban J connectivity index is 1.18. The number of aromatic nitrogens is 2. The predicted octanol–water partition coefficient (Wildman–Crippen LogP) is 5.03. The summed E-state index contributed by atoms with van der Waals surface area (Å²) in [6.45, 7) is 4.35. The number of nitrogens with zero attached hydrogens (tertiary/aromatic N) is 3. The van der Waals surface area contributed by atoms with Crippen molar-refractivity contribution >= 4 is 27.5 Å². The molecule has 7 heteroatoms. The van der Waals surface area contributed by atoms with Gasteiger partial charge in [-0.1, -0.05) is 60.2 Å². The van der Waals surface area contributed by atoms with Gasteiger partial charge in [-0.05, 0) is 30.9 Å². The van der Waals surface area contributed by atoms with Gasteiger partial charge < -0.3 is 9.64 Å². The molecule has 2 aromatic heterocycles. The summed E-state index contributed by atoms with van der Waals surface area (Å²) in [6, 6.07) is 18.3. The van der Waals surface area contributed by atoms with E-state index in [1.807, 2.05) is 59.7 Å². The van der Waals surface area contributed by atoms with E-state index in [1.165, 1.54) is 16.9 Å². The number of likely N-dealkylation sites (tertiary alicyclic amines) is 1. The van der Waals surface area contributed by atoms with Crippen LogP contribution >= 0.6 is 11.3 Å². The molecule has 2 aromatic carbocycles. The van der Waals surface area contributed by atoms with Crippen LogP contribution in [0.1, 0.15) is 30.4 Å². The molecule has 1 fully saturated rings. The monoisotopic (exact) mass is 487 g/mol. The summed E-state index contributed by atoms with van der Waals surface area (Å²) in [4.78, 5) is 33.2. The number of rotatable bonds is 7. The van der Waals surface area contributed by atoms with Gasteiger partial charge in [0.2, 0.25) is 5.91 Å². The molecule has 0 unspecified atom stereocenters. The molecule has 1 aliphatic heterocycles. The summed E-state index contributed by atoms with van der Waals surface area (Å²) >= 11 is 1.47. The highest BCUT2D eigenvalue weighted by molar-refractivity contribution is 7.17. The van der Waals surface area contributed by atoms with Crippen LogP contribution in [0, 0.1) is 6.92 Å². The van der Waals surface area contributed by atoms with E-state index in [4.69, 9.17) is 4.74 Å². The Morgan fingerprint density at radius 1 is 1.09 bits per heavy atom. The van der Waals surface area contributed by atoms with Crippen LogP contribution in [0.3, 0.4) is 0 Å². The Hall–Kier alpha value is -3.29. The van der Waals surface area contributed by atoms with Gasteiger partial charge in [-0.2, -0.15) is 0 Å². The minimum absolute atomic E-state index is 0.0718. The molecule has 5 rings (SSSR count). The first-order valence-corrected chi connectivity index (χ1v) is 12.9. The number of hydrogen-bond donors (Lipinski definition) is 0. The largest absolute Gasteiger partial charge is 0.373 e. The summed E-state index contributed by atoms with van der Waals surface area (Å²) in [6.07, 6.45) is 3.69. The Kier molecular flexibility index (Phi) is 7.06. The van der Waals surface area contributed by atoms with Crippen molar-refractivity contribution in [2.45, 2.75) is 45.4 Å². The first-order chi connectivity index (χ1) is 17.1. The summed E-state index contributed by atoms with van der Waals surface area (Å²) < 4.78 is 7.61. The fourth-order valence-electron chi connectivity index (χ4n) is 4.51. The molecule has 35 heavy (non-hydrogen) atoms. The highest BCUT2D eigenvalue weighted by Crippen LogP contribution is 2.30. The van der Waals surface area contributed by atoms with E-state index in [0.717, 1.165) is 34.4 Å². The average Bonchev–Trinajstić information content (AvgIpc) is 3.33. The third-order valence-electron chi connectivity index (χ3n) is 6.61. The van der Waals surface area contributed by atoms with E-state index in [-0.39, 0.29) is 24.0 Å². The Morgan fingerprint density at radius 3 is 2.57 bits per heavy atom. The second-order valence-electron chi connectivity index (χ2n) is 9.07. The number of ether oxygens (including phenoxy) is 1. The molecule has 0 bridgehead atoms. The molecule has 3 heterocycles. The number of piperidine rings is 1. The Labute approximate surface area is 208 Å². The van der Waals surface area contributed by atoms with Gasteiger partial charge in [0, 0.05) is 37.0 Å². The van der Waals surface area contributed by atoms with Crippen molar-refractivity contribution in [2.24, 2.45) is 0 Å². The number of amides is 1. The van der Waals surface area contributed by atoms with Crippen LogP contribution in [0.4, 0.5) is 0 Å². The standard InChI is InChI=1S/C28H29N3O3S/c1-20-7-9-22(10-8-20)24-18-35-27-26(24)28(33)31(19-29-27)16-13-25(32)30-14-11-23(12-15-30)34-17-21-5-3-2-4-6-21/h2-10,18-19,23H,11-17H2,1H3. The number of aryl methyl sites for hydroxylation is 2.